The van der Waals surface area contributed by atoms with Crippen LogP contribution in [0, 0.1) is 5.92 Å². The Balaban J connectivity index is 2.26. The molecule has 28 heavy (non-hydrogen) atoms. The lowest BCUT2D eigenvalue weighted by Gasteiger charge is -2.21. The van der Waals surface area contributed by atoms with E-state index in [1.54, 1.807) is 0 Å². The molecule has 1 saturated heterocycles. The smallest absolute Gasteiger partial charge is 0.303 e. The highest BCUT2D eigenvalue weighted by Crippen LogP contribution is 2.11. The fourth-order valence-corrected chi connectivity index (χ4v) is 3.12. The lowest BCUT2D eigenvalue weighted by molar-refractivity contribution is -0.138. The second-order valence-corrected chi connectivity index (χ2v) is 7.44. The highest BCUT2D eigenvalue weighted by molar-refractivity contribution is 5.97. The molecule has 1 aromatic carbocycles. The van der Waals surface area contributed by atoms with Crippen molar-refractivity contribution in [1.82, 2.24) is 16.0 Å². The fourth-order valence-electron chi connectivity index (χ4n) is 3.12. The van der Waals surface area contributed by atoms with Crippen molar-refractivity contribution in [3.8, 4) is 0 Å². The van der Waals surface area contributed by atoms with Crippen LogP contribution in [0.15, 0.2) is 30.3 Å². The van der Waals surface area contributed by atoms with E-state index in [0.29, 0.717) is 6.42 Å². The molecule has 0 saturated carbocycles. The number of hydrogen-bond acceptors (Lipinski definition) is 4. The average Bonchev–Trinajstić information content (AvgIpc) is 2.66. The predicted molar refractivity (Wildman–Crippen MR) is 102 cm³/mol. The molecule has 1 aromatic rings. The molecule has 3 amide bonds. The first-order valence-corrected chi connectivity index (χ1v) is 9.43. The second-order valence-electron chi connectivity index (χ2n) is 7.44. The summed E-state index contributed by atoms with van der Waals surface area (Å²) in [5.41, 5.74) is 0.865. The molecule has 8 heteroatoms. The Bertz CT molecular complexity index is 720. The van der Waals surface area contributed by atoms with E-state index < -0.39 is 41.8 Å². The van der Waals surface area contributed by atoms with Crippen LogP contribution in [-0.4, -0.2) is 46.9 Å². The molecule has 1 heterocycles. The Morgan fingerprint density at radius 1 is 0.929 bits per heavy atom. The molecule has 0 radical (unpaired) electrons. The maximum absolute atomic E-state index is 12.8. The molecule has 0 aliphatic carbocycles. The normalized spacial score (nSPS) is 23.1. The number of carboxylic acids is 1. The van der Waals surface area contributed by atoms with Gasteiger partial charge in [-0.3, -0.25) is 19.2 Å². The number of amides is 3. The number of rotatable bonds is 7. The van der Waals surface area contributed by atoms with E-state index in [0.717, 1.165) is 5.56 Å². The van der Waals surface area contributed by atoms with E-state index in [-0.39, 0.29) is 25.2 Å². The van der Waals surface area contributed by atoms with Crippen molar-refractivity contribution in [1.29, 1.82) is 0 Å². The van der Waals surface area contributed by atoms with Crippen molar-refractivity contribution < 1.29 is 24.3 Å². The number of carboxylic acid groups (broad SMARTS) is 1. The zero-order chi connectivity index (χ0) is 20.7. The third-order valence-corrected chi connectivity index (χ3v) is 4.54. The summed E-state index contributed by atoms with van der Waals surface area (Å²) in [6.07, 6.45) is 0.369. The minimum atomic E-state index is -1.06. The van der Waals surface area contributed by atoms with Gasteiger partial charge >= 0.3 is 5.97 Å². The van der Waals surface area contributed by atoms with Gasteiger partial charge < -0.3 is 21.1 Å². The molecule has 152 valence electrons. The molecule has 0 aromatic heterocycles. The monoisotopic (exact) mass is 389 g/mol. The molecule has 1 fully saturated rings. The van der Waals surface area contributed by atoms with E-state index in [4.69, 9.17) is 5.11 Å². The Labute approximate surface area is 164 Å². The Kier molecular flexibility index (Phi) is 7.54. The first-order chi connectivity index (χ1) is 13.3. The molecule has 0 spiro atoms. The largest absolute Gasteiger partial charge is 0.481 e. The molecule has 1 aliphatic rings. The number of carbonyl (C=O) groups excluding carboxylic acids is 3. The van der Waals surface area contributed by atoms with Gasteiger partial charge in [-0.1, -0.05) is 44.2 Å². The molecular weight excluding hydrogens is 362 g/mol. The number of benzene rings is 1. The summed E-state index contributed by atoms with van der Waals surface area (Å²) in [7, 11) is 0. The van der Waals surface area contributed by atoms with Crippen LogP contribution in [0.2, 0.25) is 0 Å². The summed E-state index contributed by atoms with van der Waals surface area (Å²) >= 11 is 0. The van der Waals surface area contributed by atoms with Gasteiger partial charge in [0.15, 0.2) is 0 Å². The lowest BCUT2D eigenvalue weighted by atomic mass is 10.0. The van der Waals surface area contributed by atoms with Crippen molar-refractivity contribution in [2.75, 3.05) is 0 Å². The van der Waals surface area contributed by atoms with Crippen molar-refractivity contribution in [2.45, 2.75) is 57.7 Å². The van der Waals surface area contributed by atoms with Crippen molar-refractivity contribution in [2.24, 2.45) is 5.92 Å². The molecule has 1 aliphatic heterocycles. The zero-order valence-electron chi connectivity index (χ0n) is 16.1. The molecular formula is C20H27N3O5. The number of aliphatic carboxylic acids is 1. The van der Waals surface area contributed by atoms with Gasteiger partial charge in [0.05, 0.1) is 0 Å². The third-order valence-electron chi connectivity index (χ3n) is 4.54. The topological polar surface area (TPSA) is 125 Å². The fraction of sp³-hybridized carbons (Fsp3) is 0.500. The number of nitrogens with one attached hydrogen (secondary N) is 3. The lowest BCUT2D eigenvalue weighted by Crippen LogP contribution is -2.51. The highest BCUT2D eigenvalue weighted by atomic mass is 16.4. The van der Waals surface area contributed by atoms with Gasteiger partial charge in [0.2, 0.25) is 17.7 Å². The summed E-state index contributed by atoms with van der Waals surface area (Å²) in [6.45, 7) is 3.86. The van der Waals surface area contributed by atoms with Crippen LogP contribution in [0.3, 0.4) is 0 Å². The first-order valence-electron chi connectivity index (χ1n) is 9.43. The van der Waals surface area contributed by atoms with Gasteiger partial charge in [-0.05, 0) is 24.3 Å². The van der Waals surface area contributed by atoms with Crippen LogP contribution in [-0.2, 0) is 25.6 Å². The molecule has 3 atom stereocenters. The van der Waals surface area contributed by atoms with E-state index in [1.807, 2.05) is 44.2 Å². The Hall–Kier alpha value is -2.90. The van der Waals surface area contributed by atoms with E-state index in [1.165, 1.54) is 0 Å². The van der Waals surface area contributed by atoms with Gasteiger partial charge in [0.1, 0.15) is 18.1 Å². The molecule has 8 nitrogen and oxygen atoms in total. The summed E-state index contributed by atoms with van der Waals surface area (Å²) in [5, 5.41) is 16.9. The van der Waals surface area contributed by atoms with Gasteiger partial charge in [-0.15, -0.1) is 0 Å². The quantitative estimate of drug-likeness (QED) is 0.544. The van der Waals surface area contributed by atoms with Gasteiger partial charge in [0.25, 0.3) is 0 Å². The molecule has 2 rings (SSSR count). The number of carbonyl (C=O) groups is 4. The maximum Gasteiger partial charge on any atom is 0.303 e. The van der Waals surface area contributed by atoms with E-state index in [2.05, 4.69) is 16.0 Å². The van der Waals surface area contributed by atoms with Crippen LogP contribution in [0.25, 0.3) is 0 Å². The van der Waals surface area contributed by atoms with Crippen LogP contribution in [0.1, 0.15) is 38.7 Å². The van der Waals surface area contributed by atoms with E-state index in [9.17, 15) is 19.2 Å². The standard InChI is InChI=1S/C20H27N3O5/c1-12(2)10-15-19(27)21-14(8-9-17(24)25)18(26)23-16(20(28)22-15)11-13-6-4-3-5-7-13/h3-7,12,14-16H,8-11H2,1-2H3,(H,21,27)(H,22,28)(H,23,26)(H,24,25)/t14-,15-,16-/m0/s1. The summed E-state index contributed by atoms with van der Waals surface area (Å²) in [6, 6.07) is 6.58. The molecule has 0 bridgehead atoms. The summed E-state index contributed by atoms with van der Waals surface area (Å²) in [5.74, 6) is -2.39. The van der Waals surface area contributed by atoms with Crippen molar-refractivity contribution >= 4 is 23.7 Å². The van der Waals surface area contributed by atoms with E-state index >= 15 is 0 Å². The third kappa shape index (κ3) is 6.37. The zero-order valence-corrected chi connectivity index (χ0v) is 16.1. The number of hydrogen-bond donors (Lipinski definition) is 4. The van der Waals surface area contributed by atoms with Gasteiger partial charge in [0, 0.05) is 12.8 Å². The average molecular weight is 389 g/mol. The predicted octanol–water partition coefficient (Wildman–Crippen LogP) is 0.608. The minimum absolute atomic E-state index is 0.0481. The SMILES string of the molecule is CC(C)C[C@@H]1NC(=O)[C@H](Cc2ccccc2)NC(=O)[C@H](CCC(=O)O)NC1=O. The van der Waals surface area contributed by atoms with Gasteiger partial charge in [-0.2, -0.15) is 0 Å². The molecule has 0 unspecified atom stereocenters. The highest BCUT2D eigenvalue weighted by Gasteiger charge is 2.34. The van der Waals surface area contributed by atoms with Crippen LogP contribution in [0.4, 0.5) is 0 Å². The summed E-state index contributed by atoms with van der Waals surface area (Å²) in [4.78, 5) is 49.0. The minimum Gasteiger partial charge on any atom is -0.481 e. The van der Waals surface area contributed by atoms with Crippen LogP contribution >= 0.6 is 0 Å². The first kappa shape index (κ1) is 21.4. The van der Waals surface area contributed by atoms with Gasteiger partial charge in [-0.25, -0.2) is 0 Å². The van der Waals surface area contributed by atoms with Crippen LogP contribution in [0.5, 0.6) is 0 Å². The Morgan fingerprint density at radius 3 is 2.07 bits per heavy atom. The Morgan fingerprint density at radius 2 is 1.46 bits per heavy atom. The summed E-state index contributed by atoms with van der Waals surface area (Å²) < 4.78 is 0. The molecule has 4 N–H and O–H groups in total. The van der Waals surface area contributed by atoms with Crippen molar-refractivity contribution in [3.63, 3.8) is 0 Å². The second kappa shape index (κ2) is 9.87. The maximum atomic E-state index is 12.8. The van der Waals surface area contributed by atoms with Crippen LogP contribution < -0.4 is 16.0 Å². The van der Waals surface area contributed by atoms with Crippen molar-refractivity contribution in [3.05, 3.63) is 35.9 Å².